The number of nitrogens with one attached hydrogen (secondary N) is 1. The fourth-order valence-electron chi connectivity index (χ4n) is 1.98. The summed E-state index contributed by atoms with van der Waals surface area (Å²) in [6.07, 6.45) is 0. The Labute approximate surface area is 122 Å². The van der Waals surface area contributed by atoms with Crippen molar-refractivity contribution in [1.29, 1.82) is 0 Å². The summed E-state index contributed by atoms with van der Waals surface area (Å²) in [5, 5.41) is 6.54. The van der Waals surface area contributed by atoms with E-state index in [9.17, 15) is 4.79 Å². The number of anilines is 1. The van der Waals surface area contributed by atoms with Crippen LogP contribution in [0.25, 0.3) is 0 Å². The molecule has 110 valence electrons. The van der Waals surface area contributed by atoms with Crippen molar-refractivity contribution in [2.24, 2.45) is 0 Å². The first-order valence-electron chi connectivity index (χ1n) is 6.81. The Morgan fingerprint density at radius 3 is 2.67 bits per heavy atom. The minimum atomic E-state index is -0.317. The molecule has 1 N–H and O–H groups in total. The molecule has 6 heteroatoms. The van der Waals surface area contributed by atoms with Crippen LogP contribution in [-0.4, -0.2) is 24.3 Å². The lowest BCUT2D eigenvalue weighted by Gasteiger charge is -2.18. The van der Waals surface area contributed by atoms with Crippen LogP contribution in [0.5, 0.6) is 11.5 Å². The molecule has 0 aliphatic carbocycles. The molecule has 0 spiro atoms. The highest BCUT2D eigenvalue weighted by Crippen LogP contribution is 2.32. The molecule has 1 aromatic heterocycles. The number of carbonyl (C=O) groups is 1. The molecule has 0 saturated heterocycles. The lowest BCUT2D eigenvalue weighted by molar-refractivity contribution is 0.101. The maximum Gasteiger partial charge on any atom is 0.277 e. The van der Waals surface area contributed by atoms with E-state index < -0.39 is 0 Å². The van der Waals surface area contributed by atoms with Crippen molar-refractivity contribution in [3.05, 3.63) is 35.7 Å². The van der Waals surface area contributed by atoms with Crippen molar-refractivity contribution in [3.8, 4) is 11.5 Å². The summed E-state index contributed by atoms with van der Waals surface area (Å²) in [5.74, 6) is 1.86. The highest BCUT2D eigenvalue weighted by Gasteiger charge is 2.16. The summed E-state index contributed by atoms with van der Waals surface area (Å²) < 4.78 is 16.0. The third-order valence-corrected chi connectivity index (χ3v) is 3.13. The van der Waals surface area contributed by atoms with Gasteiger partial charge >= 0.3 is 0 Å². The molecule has 3 rings (SSSR count). The van der Waals surface area contributed by atoms with Crippen molar-refractivity contribution in [2.45, 2.75) is 19.8 Å². The molecule has 0 saturated carbocycles. The fraction of sp³-hybridized carbons (Fsp3) is 0.333. The van der Waals surface area contributed by atoms with E-state index in [1.807, 2.05) is 13.8 Å². The fourth-order valence-corrected chi connectivity index (χ4v) is 1.98. The number of amides is 1. The highest BCUT2D eigenvalue weighted by molar-refractivity contribution is 6.03. The first-order chi connectivity index (χ1) is 10.1. The Morgan fingerprint density at radius 1 is 1.19 bits per heavy atom. The molecule has 0 bridgehead atoms. The van der Waals surface area contributed by atoms with Gasteiger partial charge in [-0.05, 0) is 12.1 Å². The number of benzene rings is 1. The molecule has 1 aliphatic heterocycles. The van der Waals surface area contributed by atoms with Crippen LogP contribution in [-0.2, 0) is 0 Å². The van der Waals surface area contributed by atoms with E-state index in [0.29, 0.717) is 36.2 Å². The van der Waals surface area contributed by atoms with E-state index in [-0.39, 0.29) is 17.5 Å². The maximum absolute atomic E-state index is 12.1. The molecule has 0 atom stereocenters. The van der Waals surface area contributed by atoms with E-state index in [2.05, 4.69) is 10.5 Å². The predicted octanol–water partition coefficient (Wildman–Crippen LogP) is 2.82. The number of carbonyl (C=O) groups excluding carboxylic acids is 1. The molecule has 0 unspecified atom stereocenters. The zero-order valence-corrected chi connectivity index (χ0v) is 11.9. The number of nitrogens with zero attached hydrogens (tertiary/aromatic N) is 1. The first-order valence-corrected chi connectivity index (χ1v) is 6.81. The molecule has 1 amide bonds. The SMILES string of the molecule is CC(C)c1cc(C(=O)Nc2ccc3c(c2)OCCO3)no1. The van der Waals surface area contributed by atoms with Crippen LogP contribution in [0.2, 0.25) is 0 Å². The smallest absolute Gasteiger partial charge is 0.277 e. The predicted molar refractivity (Wildman–Crippen MR) is 76.0 cm³/mol. The van der Waals surface area contributed by atoms with Gasteiger partial charge in [-0.25, -0.2) is 0 Å². The Kier molecular flexibility index (Phi) is 3.51. The van der Waals surface area contributed by atoms with Crippen LogP contribution in [0.15, 0.2) is 28.8 Å². The van der Waals surface area contributed by atoms with Gasteiger partial charge < -0.3 is 19.3 Å². The summed E-state index contributed by atoms with van der Waals surface area (Å²) in [4.78, 5) is 12.1. The Balaban J connectivity index is 1.74. The normalized spacial score (nSPS) is 13.3. The molecular formula is C15H16N2O4. The van der Waals surface area contributed by atoms with Gasteiger partial charge in [0.2, 0.25) is 0 Å². The molecule has 2 aromatic rings. The number of rotatable bonds is 3. The average molecular weight is 288 g/mol. The van der Waals surface area contributed by atoms with Crippen LogP contribution in [0.3, 0.4) is 0 Å². The van der Waals surface area contributed by atoms with Crippen molar-refractivity contribution in [2.75, 3.05) is 18.5 Å². The number of hydrogen-bond acceptors (Lipinski definition) is 5. The minimum absolute atomic E-state index is 0.188. The van der Waals surface area contributed by atoms with Gasteiger partial charge in [-0.15, -0.1) is 0 Å². The van der Waals surface area contributed by atoms with E-state index in [0.717, 1.165) is 0 Å². The van der Waals surface area contributed by atoms with Crippen LogP contribution < -0.4 is 14.8 Å². The van der Waals surface area contributed by atoms with Crippen molar-refractivity contribution in [1.82, 2.24) is 5.16 Å². The van der Waals surface area contributed by atoms with Gasteiger partial charge in [0, 0.05) is 23.7 Å². The van der Waals surface area contributed by atoms with E-state index >= 15 is 0 Å². The largest absolute Gasteiger partial charge is 0.486 e. The molecule has 6 nitrogen and oxygen atoms in total. The summed E-state index contributed by atoms with van der Waals surface area (Å²) in [6.45, 7) is 4.99. The maximum atomic E-state index is 12.1. The quantitative estimate of drug-likeness (QED) is 0.940. The summed E-state index contributed by atoms with van der Waals surface area (Å²) in [6, 6.07) is 6.91. The second-order valence-electron chi connectivity index (χ2n) is 5.08. The Bertz CT molecular complexity index is 663. The molecule has 0 fully saturated rings. The zero-order valence-electron chi connectivity index (χ0n) is 11.9. The number of fused-ring (bicyclic) bond motifs is 1. The van der Waals surface area contributed by atoms with Crippen LogP contribution in [0.4, 0.5) is 5.69 Å². The lowest BCUT2D eigenvalue weighted by atomic mass is 10.1. The van der Waals surface area contributed by atoms with Crippen LogP contribution in [0, 0.1) is 0 Å². The van der Waals surface area contributed by atoms with Gasteiger partial charge in [0.1, 0.15) is 19.0 Å². The number of aromatic nitrogens is 1. The zero-order chi connectivity index (χ0) is 14.8. The van der Waals surface area contributed by atoms with Crippen molar-refractivity contribution in [3.63, 3.8) is 0 Å². The van der Waals surface area contributed by atoms with Crippen LogP contribution >= 0.6 is 0 Å². The van der Waals surface area contributed by atoms with Gasteiger partial charge in [-0.1, -0.05) is 19.0 Å². The average Bonchev–Trinajstić information content (AvgIpc) is 2.97. The topological polar surface area (TPSA) is 73.6 Å². The van der Waals surface area contributed by atoms with E-state index in [1.165, 1.54) is 0 Å². The third kappa shape index (κ3) is 2.84. The van der Waals surface area contributed by atoms with Gasteiger partial charge in [-0.3, -0.25) is 4.79 Å². The Morgan fingerprint density at radius 2 is 1.95 bits per heavy atom. The summed E-state index contributed by atoms with van der Waals surface area (Å²) >= 11 is 0. The van der Waals surface area contributed by atoms with Crippen molar-refractivity contribution >= 4 is 11.6 Å². The van der Waals surface area contributed by atoms with E-state index in [4.69, 9.17) is 14.0 Å². The monoisotopic (exact) mass is 288 g/mol. The lowest BCUT2D eigenvalue weighted by Crippen LogP contribution is -2.16. The van der Waals surface area contributed by atoms with Gasteiger partial charge in [0.15, 0.2) is 17.2 Å². The molecule has 2 heterocycles. The molecule has 0 radical (unpaired) electrons. The highest BCUT2D eigenvalue weighted by atomic mass is 16.6. The van der Waals surface area contributed by atoms with E-state index in [1.54, 1.807) is 24.3 Å². The first kappa shape index (κ1) is 13.5. The molecular weight excluding hydrogens is 272 g/mol. The summed E-state index contributed by atoms with van der Waals surface area (Å²) in [7, 11) is 0. The molecule has 21 heavy (non-hydrogen) atoms. The standard InChI is InChI=1S/C15H16N2O4/c1-9(2)13-8-11(17-21-13)15(18)16-10-3-4-12-14(7-10)20-6-5-19-12/h3-4,7-9H,5-6H2,1-2H3,(H,16,18). The number of ether oxygens (including phenoxy) is 2. The van der Waals surface area contributed by atoms with Crippen LogP contribution in [0.1, 0.15) is 36.0 Å². The van der Waals surface area contributed by atoms with Crippen molar-refractivity contribution < 1.29 is 18.8 Å². The second kappa shape index (κ2) is 5.47. The Hall–Kier alpha value is -2.50. The summed E-state index contributed by atoms with van der Waals surface area (Å²) in [5.41, 5.74) is 0.881. The van der Waals surface area contributed by atoms with Gasteiger partial charge in [0.25, 0.3) is 5.91 Å². The third-order valence-electron chi connectivity index (χ3n) is 3.13. The second-order valence-corrected chi connectivity index (χ2v) is 5.08. The van der Waals surface area contributed by atoms with Gasteiger partial charge in [0.05, 0.1) is 0 Å². The van der Waals surface area contributed by atoms with Gasteiger partial charge in [-0.2, -0.15) is 0 Å². The number of hydrogen-bond donors (Lipinski definition) is 1. The minimum Gasteiger partial charge on any atom is -0.486 e. The molecule has 1 aliphatic rings. The molecule has 1 aromatic carbocycles.